The van der Waals surface area contributed by atoms with Gasteiger partial charge in [-0.1, -0.05) is 5.16 Å². The Hall–Kier alpha value is -0.900. The second-order valence-electron chi connectivity index (χ2n) is 2.92. The summed E-state index contributed by atoms with van der Waals surface area (Å²) in [5.41, 5.74) is 0.981. The number of nitrogens with zero attached hydrogens (tertiary/aromatic N) is 1. The number of rotatable bonds is 2. The molecule has 0 aromatic rings. The van der Waals surface area contributed by atoms with Gasteiger partial charge >= 0.3 is 0 Å². The summed E-state index contributed by atoms with van der Waals surface area (Å²) in [5, 5.41) is 6.91. The minimum absolute atomic E-state index is 0.0146. The summed E-state index contributed by atoms with van der Waals surface area (Å²) in [4.78, 5) is 15.6. The van der Waals surface area contributed by atoms with Crippen molar-refractivity contribution in [1.82, 2.24) is 5.32 Å². The molecule has 0 bridgehead atoms. The predicted octanol–water partition coefficient (Wildman–Crippen LogP) is 0.330. The van der Waals surface area contributed by atoms with Gasteiger partial charge in [0, 0.05) is 6.54 Å². The first kappa shape index (κ1) is 9.19. The molecule has 1 rings (SSSR count). The third-order valence-corrected chi connectivity index (χ3v) is 1.99. The standard InChI is InChI=1S/C8H14N2O2/c1-6(11)8-4-3-7(5-9-8)10-12-2/h8-9H,3-5H2,1-2H3/b10-7-/t8-/m0/s1. The van der Waals surface area contributed by atoms with Gasteiger partial charge in [0.25, 0.3) is 0 Å². The lowest BCUT2D eigenvalue weighted by molar-refractivity contribution is -0.119. The van der Waals surface area contributed by atoms with E-state index in [9.17, 15) is 4.79 Å². The third-order valence-electron chi connectivity index (χ3n) is 1.99. The van der Waals surface area contributed by atoms with Gasteiger partial charge in [-0.05, 0) is 19.8 Å². The molecule has 4 heteroatoms. The molecule has 1 aliphatic rings. The van der Waals surface area contributed by atoms with Gasteiger partial charge < -0.3 is 10.2 Å². The van der Waals surface area contributed by atoms with Crippen molar-refractivity contribution in [2.75, 3.05) is 13.7 Å². The lowest BCUT2D eigenvalue weighted by Crippen LogP contribution is -2.43. The molecular weight excluding hydrogens is 156 g/mol. The van der Waals surface area contributed by atoms with E-state index in [0.717, 1.165) is 18.6 Å². The van der Waals surface area contributed by atoms with Crippen LogP contribution in [0, 0.1) is 0 Å². The highest BCUT2D eigenvalue weighted by Crippen LogP contribution is 2.06. The van der Waals surface area contributed by atoms with Gasteiger partial charge in [0.1, 0.15) is 12.9 Å². The molecule has 0 aromatic carbocycles. The highest BCUT2D eigenvalue weighted by molar-refractivity contribution is 5.90. The van der Waals surface area contributed by atoms with Crippen molar-refractivity contribution in [2.24, 2.45) is 5.16 Å². The Balaban J connectivity index is 2.39. The first-order valence-electron chi connectivity index (χ1n) is 4.06. The zero-order chi connectivity index (χ0) is 8.97. The van der Waals surface area contributed by atoms with Crippen LogP contribution in [0.25, 0.3) is 0 Å². The molecule has 1 N–H and O–H groups in total. The number of hydrogen-bond donors (Lipinski definition) is 1. The fourth-order valence-electron chi connectivity index (χ4n) is 1.30. The number of oxime groups is 1. The van der Waals surface area contributed by atoms with Crippen molar-refractivity contribution in [3.63, 3.8) is 0 Å². The maximum Gasteiger partial charge on any atom is 0.146 e. The van der Waals surface area contributed by atoms with Crippen LogP contribution in [0.5, 0.6) is 0 Å². The Bertz CT molecular complexity index is 191. The molecule has 0 amide bonds. The van der Waals surface area contributed by atoms with Crippen LogP contribution in [-0.2, 0) is 9.63 Å². The summed E-state index contributed by atoms with van der Waals surface area (Å²) in [6, 6.07) is 0.0146. The van der Waals surface area contributed by atoms with Gasteiger partial charge in [-0.2, -0.15) is 0 Å². The average molecular weight is 170 g/mol. The summed E-state index contributed by atoms with van der Waals surface area (Å²) >= 11 is 0. The summed E-state index contributed by atoms with van der Waals surface area (Å²) in [6.45, 7) is 2.27. The summed E-state index contributed by atoms with van der Waals surface area (Å²) in [6.07, 6.45) is 1.68. The van der Waals surface area contributed by atoms with Crippen LogP contribution in [0.1, 0.15) is 19.8 Å². The van der Waals surface area contributed by atoms with Gasteiger partial charge in [0.2, 0.25) is 0 Å². The van der Waals surface area contributed by atoms with Crippen LogP contribution in [-0.4, -0.2) is 31.2 Å². The highest BCUT2D eigenvalue weighted by Gasteiger charge is 2.20. The van der Waals surface area contributed by atoms with Gasteiger partial charge in [-0.3, -0.25) is 4.79 Å². The Morgan fingerprint density at radius 1 is 1.75 bits per heavy atom. The predicted molar refractivity (Wildman–Crippen MR) is 46.1 cm³/mol. The minimum Gasteiger partial charge on any atom is -0.399 e. The zero-order valence-electron chi connectivity index (χ0n) is 7.46. The monoisotopic (exact) mass is 170 g/mol. The molecule has 0 saturated carbocycles. The lowest BCUT2D eigenvalue weighted by atomic mass is 10.0. The number of carbonyl (C=O) groups is 1. The van der Waals surface area contributed by atoms with Crippen molar-refractivity contribution >= 4 is 11.5 Å². The van der Waals surface area contributed by atoms with E-state index in [2.05, 4.69) is 15.3 Å². The van der Waals surface area contributed by atoms with Crippen LogP contribution < -0.4 is 5.32 Å². The van der Waals surface area contributed by atoms with Gasteiger partial charge in [-0.25, -0.2) is 0 Å². The van der Waals surface area contributed by atoms with E-state index in [0.29, 0.717) is 6.54 Å². The minimum atomic E-state index is 0.0146. The van der Waals surface area contributed by atoms with Gasteiger partial charge in [0.15, 0.2) is 0 Å². The summed E-state index contributed by atoms with van der Waals surface area (Å²) < 4.78 is 0. The maximum absolute atomic E-state index is 10.9. The fraction of sp³-hybridized carbons (Fsp3) is 0.750. The van der Waals surface area contributed by atoms with E-state index in [1.54, 1.807) is 6.92 Å². The molecular formula is C8H14N2O2. The molecule has 1 heterocycles. The third kappa shape index (κ3) is 2.30. The van der Waals surface area contributed by atoms with Crippen molar-refractivity contribution < 1.29 is 9.63 Å². The molecule has 0 radical (unpaired) electrons. The topological polar surface area (TPSA) is 50.7 Å². The Morgan fingerprint density at radius 2 is 2.50 bits per heavy atom. The van der Waals surface area contributed by atoms with Crippen molar-refractivity contribution in [2.45, 2.75) is 25.8 Å². The van der Waals surface area contributed by atoms with Crippen molar-refractivity contribution in [3.05, 3.63) is 0 Å². The number of ketones is 1. The molecule has 1 saturated heterocycles. The summed E-state index contributed by atoms with van der Waals surface area (Å²) in [7, 11) is 1.53. The number of piperidine rings is 1. The van der Waals surface area contributed by atoms with E-state index < -0.39 is 0 Å². The Labute approximate surface area is 72.0 Å². The molecule has 0 aliphatic carbocycles. The van der Waals surface area contributed by atoms with Crippen molar-refractivity contribution in [1.29, 1.82) is 0 Å². The quantitative estimate of drug-likeness (QED) is 0.607. The van der Waals surface area contributed by atoms with E-state index in [-0.39, 0.29) is 11.8 Å². The maximum atomic E-state index is 10.9. The Kier molecular flexibility index (Phi) is 3.22. The SMILES string of the molecule is CO/N=C1/CC[C@@H](C(C)=O)NC1. The van der Waals surface area contributed by atoms with E-state index >= 15 is 0 Å². The summed E-state index contributed by atoms with van der Waals surface area (Å²) in [5.74, 6) is 0.200. The lowest BCUT2D eigenvalue weighted by Gasteiger charge is -2.21. The van der Waals surface area contributed by atoms with Gasteiger partial charge in [0.05, 0.1) is 11.8 Å². The van der Waals surface area contributed by atoms with Gasteiger partial charge in [-0.15, -0.1) is 0 Å². The molecule has 1 fully saturated rings. The first-order valence-corrected chi connectivity index (χ1v) is 4.06. The largest absolute Gasteiger partial charge is 0.399 e. The molecule has 1 aliphatic heterocycles. The van der Waals surface area contributed by atoms with Crippen LogP contribution in [0.4, 0.5) is 0 Å². The smallest absolute Gasteiger partial charge is 0.146 e. The van der Waals surface area contributed by atoms with E-state index in [4.69, 9.17) is 0 Å². The van der Waals surface area contributed by atoms with Crippen LogP contribution in [0.15, 0.2) is 5.16 Å². The molecule has 4 nitrogen and oxygen atoms in total. The number of carbonyl (C=O) groups excluding carboxylic acids is 1. The van der Waals surface area contributed by atoms with E-state index in [1.165, 1.54) is 7.11 Å². The highest BCUT2D eigenvalue weighted by atomic mass is 16.6. The average Bonchev–Trinajstić information content (AvgIpc) is 2.06. The first-order chi connectivity index (χ1) is 5.74. The zero-order valence-corrected chi connectivity index (χ0v) is 7.46. The Morgan fingerprint density at radius 3 is 2.92 bits per heavy atom. The number of hydrogen-bond acceptors (Lipinski definition) is 4. The molecule has 1 atom stereocenters. The second-order valence-corrected chi connectivity index (χ2v) is 2.92. The number of nitrogens with one attached hydrogen (secondary N) is 1. The van der Waals surface area contributed by atoms with Crippen LogP contribution in [0.2, 0.25) is 0 Å². The normalized spacial score (nSPS) is 27.2. The molecule has 0 unspecified atom stereocenters. The fourth-order valence-corrected chi connectivity index (χ4v) is 1.30. The van der Waals surface area contributed by atoms with Crippen LogP contribution in [0.3, 0.4) is 0 Å². The molecule has 0 aromatic heterocycles. The molecule has 68 valence electrons. The second kappa shape index (κ2) is 4.21. The van der Waals surface area contributed by atoms with Crippen LogP contribution >= 0.6 is 0 Å². The number of Topliss-reactive ketones (excluding diaryl/α,β-unsaturated/α-hetero) is 1. The van der Waals surface area contributed by atoms with E-state index in [1.807, 2.05) is 0 Å². The molecule has 0 spiro atoms. The molecule has 12 heavy (non-hydrogen) atoms. The van der Waals surface area contributed by atoms with Crippen molar-refractivity contribution in [3.8, 4) is 0 Å².